The quantitative estimate of drug-likeness (QED) is 0.392. The van der Waals surface area contributed by atoms with Crippen molar-refractivity contribution in [3.63, 3.8) is 0 Å². The third-order valence-corrected chi connectivity index (χ3v) is 5.13. The molecule has 2 aromatic heterocycles. The summed E-state index contributed by atoms with van der Waals surface area (Å²) in [6.07, 6.45) is 0. The minimum atomic E-state index is 0.538. The average molecular weight is 404 g/mol. The number of benzene rings is 2. The number of aryl methyl sites for hydroxylation is 1. The Hall–Kier alpha value is -3.19. The zero-order chi connectivity index (χ0) is 20.1. The maximum Gasteiger partial charge on any atom is 0.237 e. The van der Waals surface area contributed by atoms with E-state index in [1.165, 1.54) is 17.3 Å². The minimum Gasteiger partial charge on any atom is -0.494 e. The number of hydrogen-bond donors (Lipinski definition) is 0. The van der Waals surface area contributed by atoms with Gasteiger partial charge in [-0.25, -0.2) is 0 Å². The van der Waals surface area contributed by atoms with E-state index in [-0.39, 0.29) is 0 Å². The second-order valence-electron chi connectivity index (χ2n) is 6.38. The van der Waals surface area contributed by atoms with E-state index < -0.39 is 0 Å². The first-order valence-corrected chi connectivity index (χ1v) is 10.3. The van der Waals surface area contributed by atoms with Crippen molar-refractivity contribution in [1.29, 1.82) is 0 Å². The molecule has 2 heterocycles. The van der Waals surface area contributed by atoms with Gasteiger partial charge in [0.2, 0.25) is 11.7 Å². The maximum absolute atomic E-state index is 5.47. The van der Waals surface area contributed by atoms with Crippen molar-refractivity contribution in [3.8, 4) is 28.4 Å². The fraction of sp³-hybridized carbons (Fsp3) is 0.182. The molecule has 0 radical (unpaired) electrons. The van der Waals surface area contributed by atoms with Crippen molar-refractivity contribution in [2.75, 3.05) is 6.61 Å². The number of hydrogen-bond acceptors (Lipinski definition) is 7. The molecule has 4 rings (SSSR count). The van der Waals surface area contributed by atoms with E-state index in [0.29, 0.717) is 24.1 Å². The molecule has 0 spiro atoms. The monoisotopic (exact) mass is 404 g/mol. The lowest BCUT2D eigenvalue weighted by atomic mass is 10.1. The van der Waals surface area contributed by atoms with Gasteiger partial charge in [0, 0.05) is 11.1 Å². The van der Waals surface area contributed by atoms with E-state index in [1.54, 1.807) is 0 Å². The van der Waals surface area contributed by atoms with Gasteiger partial charge in [0.1, 0.15) is 10.8 Å². The molecule has 0 aliphatic heterocycles. The summed E-state index contributed by atoms with van der Waals surface area (Å²) < 4.78 is 10.8. The topological polar surface area (TPSA) is 73.9 Å². The summed E-state index contributed by atoms with van der Waals surface area (Å²) >= 11 is 1.51. The lowest BCUT2D eigenvalue weighted by Gasteiger charge is -2.04. The predicted octanol–water partition coefficient (Wildman–Crippen LogP) is 5.19. The van der Waals surface area contributed by atoms with Gasteiger partial charge in [0.15, 0.2) is 0 Å². The van der Waals surface area contributed by atoms with Crippen LogP contribution in [0.15, 0.2) is 70.2 Å². The molecule has 4 aromatic rings. The molecular weight excluding hydrogens is 384 g/mol. The third kappa shape index (κ3) is 4.81. The number of ether oxygens (including phenoxy) is 1. The van der Waals surface area contributed by atoms with Gasteiger partial charge in [-0.3, -0.25) is 0 Å². The second-order valence-corrected chi connectivity index (χ2v) is 7.38. The lowest BCUT2D eigenvalue weighted by molar-refractivity contribution is 0.340. The van der Waals surface area contributed by atoms with E-state index in [0.717, 1.165) is 27.6 Å². The van der Waals surface area contributed by atoms with Gasteiger partial charge in [0.25, 0.3) is 0 Å². The molecule has 7 heteroatoms. The summed E-state index contributed by atoms with van der Waals surface area (Å²) in [6.45, 7) is 4.66. The first kappa shape index (κ1) is 19.1. The first-order valence-electron chi connectivity index (χ1n) is 9.30. The van der Waals surface area contributed by atoms with Crippen LogP contribution in [0, 0.1) is 6.92 Å². The molecule has 0 aliphatic carbocycles. The standard InChI is InChI=1S/C22H20N4O2S/c1-3-27-18-10-8-16(9-11-18)19-12-13-21(25-24-19)29-14-20-23-22(26-28-20)17-6-4-15(2)5-7-17/h4-13H,3,14H2,1-2H3. The highest BCUT2D eigenvalue weighted by atomic mass is 32.2. The SMILES string of the molecule is CCOc1ccc(-c2ccc(SCc3nc(-c4ccc(C)cc4)no3)nn2)cc1. The van der Waals surface area contributed by atoms with Gasteiger partial charge in [-0.2, -0.15) is 4.98 Å². The van der Waals surface area contributed by atoms with Crippen molar-refractivity contribution in [3.05, 3.63) is 72.1 Å². The van der Waals surface area contributed by atoms with Crippen LogP contribution in [-0.2, 0) is 5.75 Å². The van der Waals surface area contributed by atoms with Crippen LogP contribution in [0.25, 0.3) is 22.6 Å². The molecule has 29 heavy (non-hydrogen) atoms. The second kappa shape index (κ2) is 8.87. The van der Waals surface area contributed by atoms with Crippen molar-refractivity contribution in [2.24, 2.45) is 0 Å². The Balaban J connectivity index is 1.37. The zero-order valence-electron chi connectivity index (χ0n) is 16.2. The Morgan fingerprint density at radius 3 is 2.34 bits per heavy atom. The van der Waals surface area contributed by atoms with E-state index in [4.69, 9.17) is 9.26 Å². The minimum absolute atomic E-state index is 0.538. The van der Waals surface area contributed by atoms with Crippen molar-refractivity contribution >= 4 is 11.8 Å². The van der Waals surface area contributed by atoms with Gasteiger partial charge in [0.05, 0.1) is 18.1 Å². The van der Waals surface area contributed by atoms with Crippen LogP contribution in [-0.4, -0.2) is 26.9 Å². The largest absolute Gasteiger partial charge is 0.494 e. The van der Waals surface area contributed by atoms with Gasteiger partial charge >= 0.3 is 0 Å². The third-order valence-electron chi connectivity index (χ3n) is 4.22. The summed E-state index contributed by atoms with van der Waals surface area (Å²) in [5.74, 6) is 2.54. The fourth-order valence-electron chi connectivity index (χ4n) is 2.71. The van der Waals surface area contributed by atoms with Crippen molar-refractivity contribution in [1.82, 2.24) is 20.3 Å². The molecule has 0 N–H and O–H groups in total. The molecule has 2 aromatic carbocycles. The summed E-state index contributed by atoms with van der Waals surface area (Å²) in [6, 6.07) is 19.8. The van der Waals surface area contributed by atoms with Crippen LogP contribution in [0.4, 0.5) is 0 Å². The highest BCUT2D eigenvalue weighted by Gasteiger charge is 2.10. The zero-order valence-corrected chi connectivity index (χ0v) is 17.0. The Bertz CT molecular complexity index is 1060. The van der Waals surface area contributed by atoms with Gasteiger partial charge in [-0.15, -0.1) is 10.2 Å². The number of nitrogens with zero attached hydrogens (tertiary/aromatic N) is 4. The van der Waals surface area contributed by atoms with Crippen LogP contribution < -0.4 is 4.74 Å². The van der Waals surface area contributed by atoms with Crippen molar-refractivity contribution in [2.45, 2.75) is 24.6 Å². The Morgan fingerprint density at radius 1 is 0.897 bits per heavy atom. The summed E-state index contributed by atoms with van der Waals surface area (Å²) in [7, 11) is 0. The smallest absolute Gasteiger partial charge is 0.237 e. The summed E-state index contributed by atoms with van der Waals surface area (Å²) in [5, 5.41) is 13.5. The van der Waals surface area contributed by atoms with E-state index >= 15 is 0 Å². The Morgan fingerprint density at radius 2 is 1.66 bits per heavy atom. The highest BCUT2D eigenvalue weighted by Crippen LogP contribution is 2.25. The van der Waals surface area contributed by atoms with Crippen LogP contribution in [0.1, 0.15) is 18.4 Å². The first-order chi connectivity index (χ1) is 14.2. The molecule has 0 bridgehead atoms. The average Bonchev–Trinajstić information content (AvgIpc) is 3.23. The molecular formula is C22H20N4O2S. The van der Waals surface area contributed by atoms with Gasteiger partial charge < -0.3 is 9.26 Å². The lowest BCUT2D eigenvalue weighted by Crippen LogP contribution is -1.92. The fourth-order valence-corrected chi connectivity index (χ4v) is 3.36. The number of rotatable bonds is 7. The molecule has 6 nitrogen and oxygen atoms in total. The molecule has 0 atom stereocenters. The molecule has 0 aliphatic rings. The van der Waals surface area contributed by atoms with Gasteiger partial charge in [-0.1, -0.05) is 46.7 Å². The van der Waals surface area contributed by atoms with Crippen LogP contribution in [0.5, 0.6) is 5.75 Å². The molecule has 0 saturated carbocycles. The molecule has 0 unspecified atom stereocenters. The van der Waals surface area contributed by atoms with Crippen LogP contribution in [0.2, 0.25) is 0 Å². The van der Waals surface area contributed by atoms with E-state index in [2.05, 4.69) is 20.3 Å². The summed E-state index contributed by atoms with van der Waals surface area (Å²) in [4.78, 5) is 4.46. The normalized spacial score (nSPS) is 10.8. The molecule has 0 fully saturated rings. The van der Waals surface area contributed by atoms with E-state index in [9.17, 15) is 0 Å². The van der Waals surface area contributed by atoms with Crippen molar-refractivity contribution < 1.29 is 9.26 Å². The van der Waals surface area contributed by atoms with Crippen LogP contribution >= 0.6 is 11.8 Å². The summed E-state index contributed by atoms with van der Waals surface area (Å²) in [5.41, 5.74) is 3.95. The number of thioether (sulfide) groups is 1. The van der Waals surface area contributed by atoms with Crippen LogP contribution in [0.3, 0.4) is 0 Å². The number of aromatic nitrogens is 4. The Labute approximate surface area is 173 Å². The maximum atomic E-state index is 5.47. The highest BCUT2D eigenvalue weighted by molar-refractivity contribution is 7.98. The Kier molecular flexibility index (Phi) is 5.86. The predicted molar refractivity (Wildman–Crippen MR) is 113 cm³/mol. The van der Waals surface area contributed by atoms with Gasteiger partial charge in [-0.05, 0) is 50.2 Å². The van der Waals surface area contributed by atoms with E-state index in [1.807, 2.05) is 74.5 Å². The molecule has 0 saturated heterocycles. The molecule has 146 valence electrons. The molecule has 0 amide bonds.